The summed E-state index contributed by atoms with van der Waals surface area (Å²) in [5, 5.41) is 0. The summed E-state index contributed by atoms with van der Waals surface area (Å²) in [6.45, 7) is 4.10. The predicted octanol–water partition coefficient (Wildman–Crippen LogP) is 1.35. The van der Waals surface area contributed by atoms with Crippen LogP contribution in [0.4, 0.5) is 10.2 Å². The highest BCUT2D eigenvalue weighted by atomic mass is 19.1. The lowest BCUT2D eigenvalue weighted by molar-refractivity contribution is -0.115. The van der Waals surface area contributed by atoms with E-state index >= 15 is 0 Å². The lowest BCUT2D eigenvalue weighted by atomic mass is 10.3. The van der Waals surface area contributed by atoms with Crippen molar-refractivity contribution in [3.05, 3.63) is 24.1 Å². The third-order valence-electron chi connectivity index (χ3n) is 3.56. The van der Waals surface area contributed by atoms with Crippen molar-refractivity contribution in [1.82, 2.24) is 9.88 Å². The zero-order chi connectivity index (χ0) is 14.4. The fourth-order valence-electron chi connectivity index (χ4n) is 2.43. The Morgan fingerprint density at radius 2 is 2.05 bits per heavy atom. The van der Waals surface area contributed by atoms with Crippen molar-refractivity contribution < 1.29 is 13.9 Å². The molecule has 0 aliphatic carbocycles. The maximum atomic E-state index is 13.8. The number of methoxy groups -OCH3 is 2. The second kappa shape index (κ2) is 7.52. The molecule has 1 aliphatic heterocycles. The summed E-state index contributed by atoms with van der Waals surface area (Å²) in [6, 6.07) is 3.07. The molecule has 0 unspecified atom stereocenters. The van der Waals surface area contributed by atoms with Crippen LogP contribution in [0.1, 0.15) is 6.42 Å². The molecular weight excluding hydrogens is 261 g/mol. The molecule has 0 saturated carbocycles. The maximum absolute atomic E-state index is 13.8. The molecule has 5 nitrogen and oxygen atoms in total. The highest BCUT2D eigenvalue weighted by Gasteiger charge is 2.20. The standard InChI is InChI=1S/C14H22FN3O2/c1-19-13(20-2)11-17-7-4-8-18(10-9-17)14-12(15)5-3-6-16-14/h3,5-6,13H,4,7-11H2,1-2H3. The van der Waals surface area contributed by atoms with Crippen molar-refractivity contribution in [2.24, 2.45) is 0 Å². The zero-order valence-electron chi connectivity index (χ0n) is 12.1. The van der Waals surface area contributed by atoms with E-state index in [4.69, 9.17) is 9.47 Å². The first-order chi connectivity index (χ1) is 9.74. The minimum absolute atomic E-state index is 0.215. The van der Waals surface area contributed by atoms with Crippen LogP contribution >= 0.6 is 0 Å². The van der Waals surface area contributed by atoms with Gasteiger partial charge in [0.25, 0.3) is 0 Å². The number of hydrogen-bond donors (Lipinski definition) is 0. The third-order valence-corrected chi connectivity index (χ3v) is 3.56. The monoisotopic (exact) mass is 283 g/mol. The summed E-state index contributed by atoms with van der Waals surface area (Å²) < 4.78 is 24.2. The first kappa shape index (κ1) is 15.2. The molecule has 1 saturated heterocycles. The van der Waals surface area contributed by atoms with Crippen molar-refractivity contribution in [2.45, 2.75) is 12.7 Å². The van der Waals surface area contributed by atoms with E-state index in [1.54, 1.807) is 26.5 Å². The van der Waals surface area contributed by atoms with Crippen LogP contribution in [0, 0.1) is 5.82 Å². The Hall–Kier alpha value is -1.24. The summed E-state index contributed by atoms with van der Waals surface area (Å²) in [7, 11) is 3.28. The Morgan fingerprint density at radius 3 is 2.75 bits per heavy atom. The molecule has 1 aliphatic rings. The smallest absolute Gasteiger partial charge is 0.169 e. The number of ether oxygens (including phenoxy) is 2. The van der Waals surface area contributed by atoms with Gasteiger partial charge in [0.15, 0.2) is 17.9 Å². The molecule has 1 aromatic heterocycles. The third kappa shape index (κ3) is 3.88. The van der Waals surface area contributed by atoms with Gasteiger partial charge in [0.05, 0.1) is 0 Å². The van der Waals surface area contributed by atoms with Crippen molar-refractivity contribution in [3.8, 4) is 0 Å². The van der Waals surface area contributed by atoms with E-state index in [-0.39, 0.29) is 12.1 Å². The van der Waals surface area contributed by atoms with Crippen molar-refractivity contribution in [3.63, 3.8) is 0 Å². The molecule has 6 heteroatoms. The minimum atomic E-state index is -0.257. The van der Waals surface area contributed by atoms with E-state index in [9.17, 15) is 4.39 Å². The molecule has 0 bridgehead atoms. The molecule has 0 aromatic carbocycles. The molecule has 1 fully saturated rings. The van der Waals surface area contributed by atoms with Crippen LogP contribution < -0.4 is 4.90 Å². The van der Waals surface area contributed by atoms with Crippen LogP contribution in [0.3, 0.4) is 0 Å². The summed E-state index contributed by atoms with van der Waals surface area (Å²) in [5.74, 6) is 0.192. The number of anilines is 1. The van der Waals surface area contributed by atoms with Gasteiger partial charge in [-0.25, -0.2) is 9.37 Å². The van der Waals surface area contributed by atoms with E-state index < -0.39 is 0 Å². The molecular formula is C14H22FN3O2. The molecule has 0 amide bonds. The summed E-state index contributed by atoms with van der Waals surface area (Å²) in [4.78, 5) is 8.43. The number of pyridine rings is 1. The topological polar surface area (TPSA) is 37.8 Å². The van der Waals surface area contributed by atoms with Crippen LogP contribution in [0.5, 0.6) is 0 Å². The van der Waals surface area contributed by atoms with Crippen LogP contribution in [0.2, 0.25) is 0 Å². The SMILES string of the molecule is COC(CN1CCCN(c2ncccc2F)CC1)OC. The van der Waals surface area contributed by atoms with Gasteiger partial charge in [-0.2, -0.15) is 0 Å². The quantitative estimate of drug-likeness (QED) is 0.763. The van der Waals surface area contributed by atoms with E-state index in [1.165, 1.54) is 6.07 Å². The van der Waals surface area contributed by atoms with Gasteiger partial charge < -0.3 is 14.4 Å². The first-order valence-corrected chi connectivity index (χ1v) is 6.88. The van der Waals surface area contributed by atoms with Crippen LogP contribution in [-0.4, -0.2) is 63.1 Å². The number of nitrogens with zero attached hydrogens (tertiary/aromatic N) is 3. The van der Waals surface area contributed by atoms with Gasteiger partial charge in [-0.1, -0.05) is 0 Å². The van der Waals surface area contributed by atoms with Crippen molar-refractivity contribution in [1.29, 1.82) is 0 Å². The fraction of sp³-hybridized carbons (Fsp3) is 0.643. The van der Waals surface area contributed by atoms with Crippen LogP contribution in [-0.2, 0) is 9.47 Å². The second-order valence-corrected chi connectivity index (χ2v) is 4.85. The van der Waals surface area contributed by atoms with E-state index in [2.05, 4.69) is 9.88 Å². The van der Waals surface area contributed by atoms with Crippen molar-refractivity contribution in [2.75, 3.05) is 51.8 Å². The average Bonchev–Trinajstić information content (AvgIpc) is 2.71. The normalized spacial score (nSPS) is 17.5. The Kier molecular flexibility index (Phi) is 5.70. The number of aromatic nitrogens is 1. The minimum Gasteiger partial charge on any atom is -0.355 e. The number of hydrogen-bond acceptors (Lipinski definition) is 5. The summed E-state index contributed by atoms with van der Waals surface area (Å²) in [6.07, 6.45) is 2.39. The molecule has 20 heavy (non-hydrogen) atoms. The lowest BCUT2D eigenvalue weighted by Gasteiger charge is -2.25. The maximum Gasteiger partial charge on any atom is 0.169 e. The molecule has 0 radical (unpaired) electrons. The Labute approximate surface area is 119 Å². The molecule has 2 rings (SSSR count). The molecule has 112 valence electrons. The Balaban J connectivity index is 1.94. The van der Waals surface area contributed by atoms with Gasteiger partial charge in [0, 0.05) is 53.1 Å². The molecule has 2 heterocycles. The molecule has 0 N–H and O–H groups in total. The average molecular weight is 283 g/mol. The first-order valence-electron chi connectivity index (χ1n) is 6.88. The highest BCUT2D eigenvalue weighted by Crippen LogP contribution is 2.17. The predicted molar refractivity (Wildman–Crippen MR) is 75.3 cm³/mol. The number of rotatable bonds is 5. The van der Waals surface area contributed by atoms with Crippen molar-refractivity contribution >= 4 is 5.82 Å². The van der Waals surface area contributed by atoms with E-state index in [0.29, 0.717) is 5.82 Å². The highest BCUT2D eigenvalue weighted by molar-refractivity contribution is 5.39. The van der Waals surface area contributed by atoms with Gasteiger partial charge in [0.2, 0.25) is 0 Å². The van der Waals surface area contributed by atoms with E-state index in [1.807, 2.05) is 4.90 Å². The molecule has 0 spiro atoms. The fourth-order valence-corrected chi connectivity index (χ4v) is 2.43. The zero-order valence-corrected chi connectivity index (χ0v) is 12.1. The second-order valence-electron chi connectivity index (χ2n) is 4.85. The Bertz CT molecular complexity index is 415. The van der Waals surface area contributed by atoms with Gasteiger partial charge in [-0.3, -0.25) is 4.90 Å². The molecule has 0 atom stereocenters. The largest absolute Gasteiger partial charge is 0.355 e. The summed E-state index contributed by atoms with van der Waals surface area (Å²) >= 11 is 0. The summed E-state index contributed by atoms with van der Waals surface area (Å²) in [5.41, 5.74) is 0. The van der Waals surface area contributed by atoms with Crippen LogP contribution in [0.25, 0.3) is 0 Å². The van der Waals surface area contributed by atoms with Gasteiger partial charge in [-0.05, 0) is 18.6 Å². The van der Waals surface area contributed by atoms with Crippen LogP contribution in [0.15, 0.2) is 18.3 Å². The Morgan fingerprint density at radius 1 is 1.25 bits per heavy atom. The van der Waals surface area contributed by atoms with Gasteiger partial charge >= 0.3 is 0 Å². The lowest BCUT2D eigenvalue weighted by Crippen LogP contribution is -2.37. The van der Waals surface area contributed by atoms with Gasteiger partial charge in [0.1, 0.15) is 0 Å². The van der Waals surface area contributed by atoms with E-state index in [0.717, 1.165) is 39.1 Å². The van der Waals surface area contributed by atoms with Gasteiger partial charge in [-0.15, -0.1) is 0 Å². The number of halogens is 1. The molecule has 1 aromatic rings.